The van der Waals surface area contributed by atoms with Crippen molar-refractivity contribution in [1.29, 1.82) is 0 Å². The fourth-order valence-electron chi connectivity index (χ4n) is 4.25. The van der Waals surface area contributed by atoms with Gasteiger partial charge < -0.3 is 14.7 Å². The number of fused-ring (bicyclic) bond motifs is 2. The topological polar surface area (TPSA) is 49.8 Å². The third-order valence-corrected chi connectivity index (χ3v) is 4.75. The number of rotatable bonds is 0. The van der Waals surface area contributed by atoms with Crippen molar-refractivity contribution in [2.24, 2.45) is 23.7 Å². The number of nitrogens with zero attached hydrogens (tertiary/aromatic N) is 1. The summed E-state index contributed by atoms with van der Waals surface area (Å²) in [6.07, 6.45) is 0.590. The molecule has 4 rings (SSSR count). The molecule has 4 fully saturated rings. The first-order chi connectivity index (χ1) is 6.70. The van der Waals surface area contributed by atoms with E-state index in [0.29, 0.717) is 11.8 Å². The van der Waals surface area contributed by atoms with Crippen LogP contribution in [0, 0.1) is 23.7 Å². The molecule has 4 aliphatic rings. The van der Waals surface area contributed by atoms with Gasteiger partial charge in [0, 0.05) is 13.0 Å². The minimum absolute atomic E-state index is 0.0156. The van der Waals surface area contributed by atoms with Gasteiger partial charge >= 0.3 is 0 Å². The maximum atomic E-state index is 11.9. The largest absolute Gasteiger partial charge is 0.390 e. The van der Waals surface area contributed by atoms with Crippen LogP contribution in [0.4, 0.5) is 0 Å². The lowest BCUT2D eigenvalue weighted by molar-refractivity contribution is -0.148. The summed E-state index contributed by atoms with van der Waals surface area (Å²) >= 11 is 0. The van der Waals surface area contributed by atoms with Crippen molar-refractivity contribution in [2.75, 3.05) is 7.05 Å². The maximum absolute atomic E-state index is 11.9. The molecule has 0 unspecified atom stereocenters. The summed E-state index contributed by atoms with van der Waals surface area (Å²) in [7, 11) is 1.82. The molecular weight excluding hydrogens is 182 g/mol. The minimum Gasteiger partial charge on any atom is -0.390 e. The van der Waals surface area contributed by atoms with E-state index in [1.54, 1.807) is 4.90 Å². The SMILES string of the molecule is CN1C(=O)[C@@H]2[C@H]3C[C@H]4[C@H](O[C@@H]1[C@@H]42)[C@H]3O. The summed E-state index contributed by atoms with van der Waals surface area (Å²) in [6, 6.07) is 0. The standard InChI is InChI=1S/C10H13NO3/c1-11-9(13)5-3-2-4-6(5)10(11)14-8(4)7(3)12/h3-8,10,12H,2H2,1H3/t3-,4-,5-,6+,7+,8+,10-/m1/s1. The van der Waals surface area contributed by atoms with Gasteiger partial charge in [-0.2, -0.15) is 0 Å². The molecule has 2 bridgehead atoms. The number of likely N-dealkylation sites (tertiary alicyclic amines) is 1. The average molecular weight is 195 g/mol. The molecule has 14 heavy (non-hydrogen) atoms. The Kier molecular flexibility index (Phi) is 1.09. The van der Waals surface area contributed by atoms with E-state index < -0.39 is 0 Å². The van der Waals surface area contributed by atoms with Crippen LogP contribution in [0.15, 0.2) is 0 Å². The molecule has 2 saturated heterocycles. The van der Waals surface area contributed by atoms with E-state index in [1.165, 1.54) is 0 Å². The van der Waals surface area contributed by atoms with E-state index in [-0.39, 0.29) is 36.2 Å². The molecule has 2 saturated carbocycles. The summed E-state index contributed by atoms with van der Waals surface area (Å²) < 4.78 is 5.78. The molecule has 4 nitrogen and oxygen atoms in total. The molecule has 4 heteroatoms. The van der Waals surface area contributed by atoms with E-state index in [9.17, 15) is 9.90 Å². The second-order valence-electron chi connectivity index (χ2n) is 5.10. The Morgan fingerprint density at radius 1 is 1.50 bits per heavy atom. The van der Waals surface area contributed by atoms with Gasteiger partial charge in [0.05, 0.1) is 18.1 Å². The zero-order chi connectivity index (χ0) is 9.61. The monoisotopic (exact) mass is 195 g/mol. The van der Waals surface area contributed by atoms with Crippen LogP contribution in [0.1, 0.15) is 6.42 Å². The zero-order valence-electron chi connectivity index (χ0n) is 7.96. The lowest BCUT2D eigenvalue weighted by atomic mass is 9.80. The molecule has 2 aliphatic heterocycles. The second kappa shape index (κ2) is 1.99. The summed E-state index contributed by atoms with van der Waals surface area (Å²) in [5.74, 6) is 1.25. The number of ether oxygens (including phenoxy) is 1. The van der Waals surface area contributed by atoms with Crippen molar-refractivity contribution in [2.45, 2.75) is 24.9 Å². The Hall–Kier alpha value is -0.610. The van der Waals surface area contributed by atoms with E-state index in [2.05, 4.69) is 0 Å². The number of hydrogen-bond donors (Lipinski definition) is 1. The van der Waals surface area contributed by atoms with Gasteiger partial charge in [-0.25, -0.2) is 0 Å². The smallest absolute Gasteiger partial charge is 0.228 e. The Morgan fingerprint density at radius 2 is 2.29 bits per heavy atom. The van der Waals surface area contributed by atoms with E-state index in [4.69, 9.17) is 4.74 Å². The van der Waals surface area contributed by atoms with Gasteiger partial charge in [-0.1, -0.05) is 0 Å². The van der Waals surface area contributed by atoms with E-state index in [0.717, 1.165) is 6.42 Å². The fourth-order valence-corrected chi connectivity index (χ4v) is 4.25. The first-order valence-electron chi connectivity index (χ1n) is 5.30. The van der Waals surface area contributed by atoms with Crippen LogP contribution in [0.3, 0.4) is 0 Å². The summed E-state index contributed by atoms with van der Waals surface area (Å²) in [5, 5.41) is 9.94. The highest BCUT2D eigenvalue weighted by molar-refractivity contribution is 5.83. The molecule has 7 atom stereocenters. The summed E-state index contributed by atoms with van der Waals surface area (Å²) in [6.45, 7) is 0. The van der Waals surface area contributed by atoms with Gasteiger partial charge in [-0.3, -0.25) is 4.79 Å². The number of aliphatic hydroxyl groups excluding tert-OH is 1. The Morgan fingerprint density at radius 3 is 3.07 bits per heavy atom. The molecule has 0 aromatic carbocycles. The number of amides is 1. The van der Waals surface area contributed by atoms with Gasteiger partial charge in [0.1, 0.15) is 6.23 Å². The van der Waals surface area contributed by atoms with E-state index in [1.807, 2.05) is 7.05 Å². The van der Waals surface area contributed by atoms with Crippen molar-refractivity contribution in [3.63, 3.8) is 0 Å². The van der Waals surface area contributed by atoms with Crippen molar-refractivity contribution < 1.29 is 14.6 Å². The van der Waals surface area contributed by atoms with Crippen LogP contribution in [0.5, 0.6) is 0 Å². The van der Waals surface area contributed by atoms with Gasteiger partial charge in [0.2, 0.25) is 5.91 Å². The predicted octanol–water partition coefficient (Wildman–Crippen LogP) is -0.574. The third-order valence-electron chi connectivity index (χ3n) is 4.75. The first kappa shape index (κ1) is 7.65. The summed E-state index contributed by atoms with van der Waals surface area (Å²) in [5.41, 5.74) is 0. The quantitative estimate of drug-likeness (QED) is 0.563. The molecule has 0 aromatic heterocycles. The fraction of sp³-hybridized carbons (Fsp3) is 0.900. The highest BCUT2D eigenvalue weighted by Crippen LogP contribution is 2.63. The second-order valence-corrected chi connectivity index (χ2v) is 5.10. The third kappa shape index (κ3) is 0.547. The van der Waals surface area contributed by atoms with E-state index >= 15 is 0 Å². The van der Waals surface area contributed by atoms with Crippen LogP contribution in [-0.2, 0) is 9.53 Å². The van der Waals surface area contributed by atoms with Crippen molar-refractivity contribution in [3.8, 4) is 0 Å². The van der Waals surface area contributed by atoms with Gasteiger partial charge in [0.15, 0.2) is 0 Å². The Bertz CT molecular complexity index is 331. The van der Waals surface area contributed by atoms with Crippen molar-refractivity contribution in [1.82, 2.24) is 4.90 Å². The molecule has 0 radical (unpaired) electrons. The zero-order valence-corrected chi connectivity index (χ0v) is 7.96. The first-order valence-corrected chi connectivity index (χ1v) is 5.30. The van der Waals surface area contributed by atoms with Crippen LogP contribution >= 0.6 is 0 Å². The molecule has 1 N–H and O–H groups in total. The summed E-state index contributed by atoms with van der Waals surface area (Å²) in [4.78, 5) is 13.6. The highest BCUT2D eigenvalue weighted by Gasteiger charge is 2.71. The van der Waals surface area contributed by atoms with Crippen molar-refractivity contribution in [3.05, 3.63) is 0 Å². The van der Waals surface area contributed by atoms with Gasteiger partial charge in [-0.05, 0) is 18.3 Å². The molecule has 76 valence electrons. The maximum Gasteiger partial charge on any atom is 0.228 e. The number of aliphatic hydroxyl groups is 1. The molecule has 2 aliphatic carbocycles. The Labute approximate surface area is 81.8 Å². The van der Waals surface area contributed by atoms with Gasteiger partial charge in [-0.15, -0.1) is 0 Å². The molecule has 1 amide bonds. The van der Waals surface area contributed by atoms with Gasteiger partial charge in [0.25, 0.3) is 0 Å². The van der Waals surface area contributed by atoms with Crippen molar-refractivity contribution >= 4 is 5.91 Å². The minimum atomic E-state index is -0.385. The lowest BCUT2D eigenvalue weighted by Crippen LogP contribution is -2.42. The number of carbonyl (C=O) groups is 1. The predicted molar refractivity (Wildman–Crippen MR) is 46.0 cm³/mol. The normalized spacial score (nSPS) is 63.1. The van der Waals surface area contributed by atoms with Crippen LogP contribution in [-0.4, -0.2) is 41.4 Å². The van der Waals surface area contributed by atoms with Crippen LogP contribution in [0.25, 0.3) is 0 Å². The van der Waals surface area contributed by atoms with Crippen LogP contribution < -0.4 is 0 Å². The molecular formula is C10H13NO3. The number of hydrogen-bond acceptors (Lipinski definition) is 3. The highest BCUT2D eigenvalue weighted by atomic mass is 16.5. The molecule has 0 aromatic rings. The van der Waals surface area contributed by atoms with Crippen LogP contribution in [0.2, 0.25) is 0 Å². The molecule has 0 spiro atoms. The number of carbonyl (C=O) groups excluding carboxylic acids is 1. The average Bonchev–Trinajstić information content (AvgIpc) is 2.78. The Balaban J connectivity index is 1.88. The lowest BCUT2D eigenvalue weighted by Gasteiger charge is -2.28. The molecule has 2 heterocycles.